The van der Waals surface area contributed by atoms with Crippen LogP contribution in [0.1, 0.15) is 15.9 Å². The molecule has 0 saturated heterocycles. The number of carbonyl (C=O) groups excluding carboxylic acids is 2. The zero-order chi connectivity index (χ0) is 13.7. The monoisotopic (exact) mass is 254 g/mol. The van der Waals surface area contributed by atoms with Crippen LogP contribution in [-0.4, -0.2) is 12.3 Å². The topological polar surface area (TPSA) is 58.2 Å². The summed E-state index contributed by atoms with van der Waals surface area (Å²) in [6, 6.07) is 14.4. The molecule has 19 heavy (non-hydrogen) atoms. The first-order chi connectivity index (χ1) is 9.22. The fourth-order valence-corrected chi connectivity index (χ4v) is 1.77. The van der Waals surface area contributed by atoms with Gasteiger partial charge in [-0.3, -0.25) is 9.59 Å². The molecule has 0 atom stereocenters. The van der Waals surface area contributed by atoms with E-state index in [-0.39, 0.29) is 5.91 Å². The number of hydrogen-bond acceptors (Lipinski definition) is 2. The smallest absolute Gasteiger partial charge is 0.257 e. The lowest BCUT2D eigenvalue weighted by Gasteiger charge is -2.10. The van der Waals surface area contributed by atoms with E-state index in [9.17, 15) is 9.59 Å². The molecule has 0 saturated carbocycles. The van der Waals surface area contributed by atoms with Crippen LogP contribution in [0.15, 0.2) is 48.5 Å². The van der Waals surface area contributed by atoms with Crippen molar-refractivity contribution in [3.8, 4) is 0 Å². The molecule has 2 N–H and O–H groups in total. The van der Waals surface area contributed by atoms with Gasteiger partial charge in [-0.25, -0.2) is 0 Å². The Balaban J connectivity index is 2.25. The fraction of sp³-hybridized carbons (Fsp3) is 0.0667. The van der Waals surface area contributed by atoms with Crippen molar-refractivity contribution in [2.45, 2.75) is 6.92 Å². The molecule has 96 valence electrons. The van der Waals surface area contributed by atoms with Gasteiger partial charge in [-0.2, -0.15) is 0 Å². The molecule has 2 aromatic carbocycles. The first-order valence-corrected chi connectivity index (χ1v) is 5.88. The zero-order valence-corrected chi connectivity index (χ0v) is 10.5. The number of aryl methyl sites for hydroxylation is 1. The predicted octanol–water partition coefficient (Wildman–Crippen LogP) is 2.82. The first-order valence-electron chi connectivity index (χ1n) is 5.88. The average molecular weight is 254 g/mol. The van der Waals surface area contributed by atoms with E-state index in [2.05, 4.69) is 10.6 Å². The van der Waals surface area contributed by atoms with Gasteiger partial charge in [0.25, 0.3) is 5.91 Å². The highest BCUT2D eigenvalue weighted by Crippen LogP contribution is 2.18. The molecule has 0 aliphatic rings. The molecule has 0 spiro atoms. The third-order valence-electron chi connectivity index (χ3n) is 2.78. The van der Waals surface area contributed by atoms with Crippen LogP contribution >= 0.6 is 0 Å². The first kappa shape index (κ1) is 12.8. The Morgan fingerprint density at radius 3 is 2.32 bits per heavy atom. The Bertz CT molecular complexity index is 609. The Kier molecular flexibility index (Phi) is 3.93. The Morgan fingerprint density at radius 1 is 1.00 bits per heavy atom. The third-order valence-corrected chi connectivity index (χ3v) is 2.78. The molecule has 2 rings (SSSR count). The quantitative estimate of drug-likeness (QED) is 0.824. The Hall–Kier alpha value is -2.62. The van der Waals surface area contributed by atoms with Crippen molar-refractivity contribution < 1.29 is 9.59 Å². The molecular weight excluding hydrogens is 240 g/mol. The second-order valence-corrected chi connectivity index (χ2v) is 4.08. The Labute approximate surface area is 111 Å². The molecule has 4 nitrogen and oxygen atoms in total. The highest BCUT2D eigenvalue weighted by atomic mass is 16.2. The molecule has 2 aromatic rings. The van der Waals surface area contributed by atoms with Crippen LogP contribution in [-0.2, 0) is 4.79 Å². The summed E-state index contributed by atoms with van der Waals surface area (Å²) < 4.78 is 0. The molecule has 0 bridgehead atoms. The summed E-state index contributed by atoms with van der Waals surface area (Å²) in [6.07, 6.45) is 0.555. The lowest BCUT2D eigenvalue weighted by molar-refractivity contribution is -0.105. The van der Waals surface area contributed by atoms with Crippen molar-refractivity contribution in [2.75, 3.05) is 10.6 Å². The summed E-state index contributed by atoms with van der Waals surface area (Å²) >= 11 is 0. The lowest BCUT2D eigenvalue weighted by Crippen LogP contribution is -2.15. The molecule has 0 aromatic heterocycles. The van der Waals surface area contributed by atoms with E-state index in [1.54, 1.807) is 24.3 Å². The average Bonchev–Trinajstić information content (AvgIpc) is 2.42. The van der Waals surface area contributed by atoms with E-state index in [1.165, 1.54) is 0 Å². The number of amides is 2. The number of carbonyl (C=O) groups is 2. The second kappa shape index (κ2) is 5.82. The highest BCUT2D eigenvalue weighted by Gasteiger charge is 2.11. The van der Waals surface area contributed by atoms with Gasteiger partial charge < -0.3 is 10.6 Å². The van der Waals surface area contributed by atoms with Gasteiger partial charge in [-0.15, -0.1) is 0 Å². The number of para-hydroxylation sites is 2. The van der Waals surface area contributed by atoms with Crippen molar-refractivity contribution in [1.82, 2.24) is 0 Å². The predicted molar refractivity (Wildman–Crippen MR) is 75.3 cm³/mol. The SMILES string of the molecule is Cc1ccccc1NC(=O)c1ccccc1NC=O. The number of benzene rings is 2. The fourth-order valence-electron chi connectivity index (χ4n) is 1.77. The third kappa shape index (κ3) is 2.98. The minimum Gasteiger partial charge on any atom is -0.328 e. The summed E-state index contributed by atoms with van der Waals surface area (Å²) in [4.78, 5) is 22.7. The van der Waals surface area contributed by atoms with Crippen LogP contribution in [0.2, 0.25) is 0 Å². The van der Waals surface area contributed by atoms with Crippen molar-refractivity contribution in [3.63, 3.8) is 0 Å². The van der Waals surface area contributed by atoms with Gasteiger partial charge in [-0.1, -0.05) is 30.3 Å². The van der Waals surface area contributed by atoms with Crippen LogP contribution in [0.3, 0.4) is 0 Å². The van der Waals surface area contributed by atoms with Crippen LogP contribution in [0.4, 0.5) is 11.4 Å². The van der Waals surface area contributed by atoms with E-state index >= 15 is 0 Å². The maximum atomic E-state index is 12.2. The molecule has 0 aliphatic carbocycles. The number of anilines is 2. The normalized spacial score (nSPS) is 9.74. The summed E-state index contributed by atoms with van der Waals surface area (Å²) in [5.74, 6) is -0.251. The van der Waals surface area contributed by atoms with E-state index in [0.29, 0.717) is 17.7 Å². The molecular formula is C15H14N2O2. The maximum absolute atomic E-state index is 12.2. The lowest BCUT2D eigenvalue weighted by atomic mass is 10.1. The van der Waals surface area contributed by atoms with Crippen LogP contribution in [0.25, 0.3) is 0 Å². The van der Waals surface area contributed by atoms with Crippen LogP contribution in [0, 0.1) is 6.92 Å². The molecule has 0 aliphatic heterocycles. The van der Waals surface area contributed by atoms with Crippen molar-refractivity contribution in [2.24, 2.45) is 0 Å². The molecule has 2 amide bonds. The van der Waals surface area contributed by atoms with Gasteiger partial charge in [-0.05, 0) is 30.7 Å². The summed E-state index contributed by atoms with van der Waals surface area (Å²) in [7, 11) is 0. The highest BCUT2D eigenvalue weighted by molar-refractivity contribution is 6.09. The van der Waals surface area contributed by atoms with Crippen molar-refractivity contribution in [1.29, 1.82) is 0 Å². The van der Waals surface area contributed by atoms with E-state index in [1.807, 2.05) is 31.2 Å². The molecule has 0 unspecified atom stereocenters. The molecule has 0 heterocycles. The molecule has 4 heteroatoms. The van der Waals surface area contributed by atoms with Gasteiger partial charge in [0.15, 0.2) is 0 Å². The van der Waals surface area contributed by atoms with Gasteiger partial charge in [0.1, 0.15) is 0 Å². The summed E-state index contributed by atoms with van der Waals surface area (Å²) in [6.45, 7) is 1.92. The second-order valence-electron chi connectivity index (χ2n) is 4.08. The molecule has 0 radical (unpaired) electrons. The van der Waals surface area contributed by atoms with E-state index < -0.39 is 0 Å². The summed E-state index contributed by atoms with van der Waals surface area (Å²) in [5.41, 5.74) is 2.66. The van der Waals surface area contributed by atoms with Crippen LogP contribution in [0.5, 0.6) is 0 Å². The standard InChI is InChI=1S/C15H14N2O2/c1-11-6-2-4-8-13(11)17-15(19)12-7-3-5-9-14(12)16-10-18/h2-10H,1H3,(H,16,18)(H,17,19). The van der Waals surface area contributed by atoms with E-state index in [4.69, 9.17) is 0 Å². The maximum Gasteiger partial charge on any atom is 0.257 e. The van der Waals surface area contributed by atoms with Crippen molar-refractivity contribution >= 4 is 23.7 Å². The largest absolute Gasteiger partial charge is 0.328 e. The number of hydrogen-bond donors (Lipinski definition) is 2. The van der Waals surface area contributed by atoms with Crippen LogP contribution < -0.4 is 10.6 Å². The Morgan fingerprint density at radius 2 is 1.63 bits per heavy atom. The van der Waals surface area contributed by atoms with Crippen molar-refractivity contribution in [3.05, 3.63) is 59.7 Å². The zero-order valence-electron chi connectivity index (χ0n) is 10.5. The van der Waals surface area contributed by atoms with Gasteiger partial charge in [0.2, 0.25) is 6.41 Å². The van der Waals surface area contributed by atoms with E-state index in [0.717, 1.165) is 11.3 Å². The van der Waals surface area contributed by atoms with Gasteiger partial charge in [0, 0.05) is 5.69 Å². The molecule has 0 fully saturated rings. The minimum atomic E-state index is -0.251. The minimum absolute atomic E-state index is 0.251. The van der Waals surface area contributed by atoms with Gasteiger partial charge in [0.05, 0.1) is 11.3 Å². The number of nitrogens with one attached hydrogen (secondary N) is 2. The van der Waals surface area contributed by atoms with Gasteiger partial charge >= 0.3 is 0 Å². The number of rotatable bonds is 4. The summed E-state index contributed by atoms with van der Waals surface area (Å²) in [5, 5.41) is 5.35.